The first kappa shape index (κ1) is 22.8. The van der Waals surface area contributed by atoms with Gasteiger partial charge in [0.2, 0.25) is 5.91 Å². The zero-order valence-corrected chi connectivity index (χ0v) is 19.3. The van der Waals surface area contributed by atoms with Crippen molar-refractivity contribution in [1.82, 2.24) is 15.1 Å². The van der Waals surface area contributed by atoms with Crippen LogP contribution in [0.25, 0.3) is 5.69 Å². The molecule has 2 N–H and O–H groups in total. The summed E-state index contributed by atoms with van der Waals surface area (Å²) in [5.41, 5.74) is 4.40. The van der Waals surface area contributed by atoms with Gasteiger partial charge in [-0.05, 0) is 70.2 Å². The minimum Gasteiger partial charge on any atom is -0.350 e. The van der Waals surface area contributed by atoms with Gasteiger partial charge in [-0.3, -0.25) is 9.59 Å². The molecule has 1 aromatic heterocycles. The molecule has 162 valence electrons. The Morgan fingerprint density at radius 2 is 1.71 bits per heavy atom. The molecule has 3 rings (SSSR count). The Balaban J connectivity index is 1.71. The van der Waals surface area contributed by atoms with Gasteiger partial charge in [0.1, 0.15) is 0 Å². The number of halogens is 2. The standard InChI is InChI=1S/C23H24Cl2N4O2/c1-13(2)26-23(31)16-5-7-17(8-6-16)27-22(30)12-19-14(3)28-29(15(19)4)18-9-10-20(24)21(25)11-18/h5-11,13H,12H2,1-4H3,(H,26,31)(H,27,30). The van der Waals surface area contributed by atoms with Gasteiger partial charge in [-0.2, -0.15) is 5.10 Å². The number of amides is 2. The lowest BCUT2D eigenvalue weighted by Crippen LogP contribution is -2.30. The summed E-state index contributed by atoms with van der Waals surface area (Å²) >= 11 is 12.1. The summed E-state index contributed by atoms with van der Waals surface area (Å²) in [5, 5.41) is 11.2. The minimum absolute atomic E-state index is 0.0585. The number of aryl methyl sites for hydroxylation is 1. The first-order valence-electron chi connectivity index (χ1n) is 9.87. The maximum Gasteiger partial charge on any atom is 0.251 e. The number of rotatable bonds is 6. The summed E-state index contributed by atoms with van der Waals surface area (Å²) in [7, 11) is 0. The molecule has 0 fully saturated rings. The normalized spacial score (nSPS) is 10.9. The van der Waals surface area contributed by atoms with Crippen molar-refractivity contribution >= 4 is 40.7 Å². The molecule has 0 aliphatic rings. The molecule has 0 bridgehead atoms. The fourth-order valence-electron chi connectivity index (χ4n) is 3.22. The molecule has 6 nitrogen and oxygen atoms in total. The molecule has 1 heterocycles. The predicted molar refractivity (Wildman–Crippen MR) is 124 cm³/mol. The van der Waals surface area contributed by atoms with E-state index >= 15 is 0 Å². The van der Waals surface area contributed by atoms with Crippen LogP contribution in [0, 0.1) is 13.8 Å². The van der Waals surface area contributed by atoms with Gasteiger partial charge >= 0.3 is 0 Å². The molecule has 8 heteroatoms. The average molecular weight is 459 g/mol. The SMILES string of the molecule is Cc1nn(-c2ccc(Cl)c(Cl)c2)c(C)c1CC(=O)Nc1ccc(C(=O)NC(C)C)cc1. The highest BCUT2D eigenvalue weighted by atomic mass is 35.5. The molecule has 0 aliphatic heterocycles. The number of nitrogens with zero attached hydrogens (tertiary/aromatic N) is 2. The summed E-state index contributed by atoms with van der Waals surface area (Å²) in [4.78, 5) is 24.7. The molecular weight excluding hydrogens is 435 g/mol. The number of hydrogen-bond donors (Lipinski definition) is 2. The van der Waals surface area contributed by atoms with E-state index in [9.17, 15) is 9.59 Å². The monoisotopic (exact) mass is 458 g/mol. The van der Waals surface area contributed by atoms with Crippen LogP contribution in [0.15, 0.2) is 42.5 Å². The number of benzene rings is 2. The first-order valence-corrected chi connectivity index (χ1v) is 10.6. The Morgan fingerprint density at radius 3 is 2.32 bits per heavy atom. The third kappa shape index (κ3) is 5.46. The lowest BCUT2D eigenvalue weighted by atomic mass is 10.1. The number of anilines is 1. The van der Waals surface area contributed by atoms with Crippen molar-refractivity contribution in [1.29, 1.82) is 0 Å². The van der Waals surface area contributed by atoms with Crippen LogP contribution < -0.4 is 10.6 Å². The van der Waals surface area contributed by atoms with Gasteiger partial charge < -0.3 is 10.6 Å². The van der Waals surface area contributed by atoms with E-state index in [4.69, 9.17) is 23.2 Å². The second kappa shape index (κ2) is 9.54. The van der Waals surface area contributed by atoms with E-state index in [0.29, 0.717) is 21.3 Å². The van der Waals surface area contributed by atoms with Crippen molar-refractivity contribution in [2.24, 2.45) is 0 Å². The Labute approximate surface area is 191 Å². The van der Waals surface area contributed by atoms with Crippen LogP contribution in [-0.4, -0.2) is 27.6 Å². The van der Waals surface area contributed by atoms with Crippen molar-refractivity contribution in [3.8, 4) is 5.69 Å². The molecule has 0 unspecified atom stereocenters. The zero-order valence-electron chi connectivity index (χ0n) is 17.8. The van der Waals surface area contributed by atoms with Gasteiger partial charge in [0.25, 0.3) is 5.91 Å². The molecule has 0 atom stereocenters. The highest BCUT2D eigenvalue weighted by molar-refractivity contribution is 6.42. The molecule has 31 heavy (non-hydrogen) atoms. The number of carbonyl (C=O) groups excluding carboxylic acids is 2. The van der Waals surface area contributed by atoms with Crippen molar-refractivity contribution in [3.63, 3.8) is 0 Å². The molecular formula is C23H24Cl2N4O2. The fourth-order valence-corrected chi connectivity index (χ4v) is 3.51. The first-order chi connectivity index (χ1) is 14.7. The maximum atomic E-state index is 12.6. The van der Waals surface area contributed by atoms with Crippen LogP contribution in [-0.2, 0) is 11.2 Å². The fraction of sp³-hybridized carbons (Fsp3) is 0.261. The molecule has 0 spiro atoms. The Kier molecular flexibility index (Phi) is 7.03. The Bertz CT molecular complexity index is 1120. The van der Waals surface area contributed by atoms with E-state index in [0.717, 1.165) is 22.6 Å². The van der Waals surface area contributed by atoms with Crippen molar-refractivity contribution < 1.29 is 9.59 Å². The van der Waals surface area contributed by atoms with Crippen LogP contribution >= 0.6 is 23.2 Å². The molecule has 0 radical (unpaired) electrons. The molecule has 2 amide bonds. The van der Waals surface area contributed by atoms with Crippen molar-refractivity contribution in [2.75, 3.05) is 5.32 Å². The van der Waals surface area contributed by atoms with Gasteiger partial charge in [0, 0.05) is 28.6 Å². The number of hydrogen-bond acceptors (Lipinski definition) is 3. The Morgan fingerprint density at radius 1 is 1.03 bits per heavy atom. The highest BCUT2D eigenvalue weighted by Crippen LogP contribution is 2.26. The van der Waals surface area contributed by atoms with E-state index in [-0.39, 0.29) is 24.3 Å². The topological polar surface area (TPSA) is 76.0 Å². The van der Waals surface area contributed by atoms with Gasteiger partial charge in [0.15, 0.2) is 0 Å². The van der Waals surface area contributed by atoms with Gasteiger partial charge in [0.05, 0.1) is 27.8 Å². The largest absolute Gasteiger partial charge is 0.350 e. The van der Waals surface area contributed by atoms with Gasteiger partial charge in [-0.1, -0.05) is 23.2 Å². The quantitative estimate of drug-likeness (QED) is 0.538. The second-order valence-corrected chi connectivity index (χ2v) is 8.40. The maximum absolute atomic E-state index is 12.6. The van der Waals surface area contributed by atoms with E-state index in [1.807, 2.05) is 33.8 Å². The molecule has 0 aliphatic carbocycles. The molecule has 0 saturated carbocycles. The molecule has 3 aromatic rings. The third-order valence-electron chi connectivity index (χ3n) is 4.78. The number of nitrogens with one attached hydrogen (secondary N) is 2. The van der Waals surface area contributed by atoms with E-state index in [2.05, 4.69) is 15.7 Å². The minimum atomic E-state index is -0.167. The summed E-state index contributed by atoms with van der Waals surface area (Å²) in [6, 6.07) is 12.1. The molecule has 2 aromatic carbocycles. The average Bonchev–Trinajstić information content (AvgIpc) is 2.98. The highest BCUT2D eigenvalue weighted by Gasteiger charge is 2.17. The smallest absolute Gasteiger partial charge is 0.251 e. The predicted octanol–water partition coefficient (Wildman–Crippen LogP) is 5.12. The van der Waals surface area contributed by atoms with E-state index in [1.165, 1.54) is 0 Å². The third-order valence-corrected chi connectivity index (χ3v) is 5.52. The Hall–Kier alpha value is -2.83. The van der Waals surface area contributed by atoms with Crippen LogP contribution in [0.2, 0.25) is 10.0 Å². The lowest BCUT2D eigenvalue weighted by molar-refractivity contribution is -0.115. The van der Waals surface area contributed by atoms with Gasteiger partial charge in [-0.15, -0.1) is 0 Å². The van der Waals surface area contributed by atoms with Crippen molar-refractivity contribution in [2.45, 2.75) is 40.2 Å². The van der Waals surface area contributed by atoms with E-state index < -0.39 is 0 Å². The van der Waals surface area contributed by atoms with Crippen LogP contribution in [0.4, 0.5) is 5.69 Å². The number of aromatic nitrogens is 2. The van der Waals surface area contributed by atoms with Crippen LogP contribution in [0.1, 0.15) is 41.2 Å². The van der Waals surface area contributed by atoms with Crippen LogP contribution in [0.3, 0.4) is 0 Å². The van der Waals surface area contributed by atoms with E-state index in [1.54, 1.807) is 41.1 Å². The summed E-state index contributed by atoms with van der Waals surface area (Å²) in [6.07, 6.45) is 0.175. The zero-order chi connectivity index (χ0) is 22.7. The summed E-state index contributed by atoms with van der Waals surface area (Å²) < 4.78 is 1.75. The summed E-state index contributed by atoms with van der Waals surface area (Å²) in [6.45, 7) is 7.58. The molecule has 0 saturated heterocycles. The lowest BCUT2D eigenvalue weighted by Gasteiger charge is -2.10. The van der Waals surface area contributed by atoms with Gasteiger partial charge in [-0.25, -0.2) is 4.68 Å². The number of carbonyl (C=O) groups is 2. The van der Waals surface area contributed by atoms with Crippen molar-refractivity contribution in [3.05, 3.63) is 75.0 Å². The second-order valence-electron chi connectivity index (χ2n) is 7.59. The van der Waals surface area contributed by atoms with Crippen LogP contribution in [0.5, 0.6) is 0 Å². The summed E-state index contributed by atoms with van der Waals surface area (Å²) in [5.74, 6) is -0.312.